The van der Waals surface area contributed by atoms with Gasteiger partial charge in [0.05, 0.1) is 10.0 Å². The van der Waals surface area contributed by atoms with Crippen LogP contribution >= 0.6 is 39.1 Å². The molecule has 1 aliphatic rings. The van der Waals surface area contributed by atoms with Crippen LogP contribution in [0.4, 0.5) is 10.1 Å². The summed E-state index contributed by atoms with van der Waals surface area (Å²) in [5.41, 5.74) is 1.60. The van der Waals surface area contributed by atoms with Crippen LogP contribution in [-0.2, 0) is 6.54 Å². The van der Waals surface area contributed by atoms with Crippen LogP contribution in [0.5, 0.6) is 11.5 Å². The second-order valence-electron chi connectivity index (χ2n) is 4.40. The molecule has 0 aliphatic carbocycles. The molecule has 7 heteroatoms. The van der Waals surface area contributed by atoms with Crippen molar-refractivity contribution in [1.82, 2.24) is 0 Å². The number of anilines is 1. The van der Waals surface area contributed by atoms with E-state index < -0.39 is 5.82 Å². The van der Waals surface area contributed by atoms with E-state index in [1.54, 1.807) is 0 Å². The number of nitrogens with one attached hydrogen (secondary N) is 1. The number of ether oxygens (including phenoxy) is 2. The van der Waals surface area contributed by atoms with Crippen molar-refractivity contribution in [2.24, 2.45) is 0 Å². The second kappa shape index (κ2) is 5.91. The summed E-state index contributed by atoms with van der Waals surface area (Å²) in [6, 6.07) is 6.71. The minimum Gasteiger partial charge on any atom is -0.454 e. The fourth-order valence-corrected chi connectivity index (χ4v) is 2.90. The molecule has 2 aromatic rings. The monoisotopic (exact) mass is 391 g/mol. The molecule has 0 radical (unpaired) electrons. The summed E-state index contributed by atoms with van der Waals surface area (Å²) in [7, 11) is 0. The van der Waals surface area contributed by atoms with Crippen LogP contribution in [0.15, 0.2) is 28.7 Å². The summed E-state index contributed by atoms with van der Waals surface area (Å²) in [6.45, 7) is 0.720. The Balaban J connectivity index is 1.79. The molecule has 3 nitrogen and oxygen atoms in total. The van der Waals surface area contributed by atoms with Crippen molar-refractivity contribution in [2.75, 3.05) is 12.1 Å². The zero-order valence-corrected chi connectivity index (χ0v) is 13.6. The molecule has 0 saturated carbocycles. The predicted octanol–water partition coefficient (Wildman–Crippen LogP) is 5.24. The molecule has 1 heterocycles. The lowest BCUT2D eigenvalue weighted by Gasteiger charge is -2.10. The maximum atomic E-state index is 13.4. The summed E-state index contributed by atoms with van der Waals surface area (Å²) in [6.07, 6.45) is 0. The van der Waals surface area contributed by atoms with Gasteiger partial charge in [0.25, 0.3) is 0 Å². The van der Waals surface area contributed by atoms with E-state index in [1.165, 1.54) is 12.1 Å². The number of hydrogen-bond donors (Lipinski definition) is 1. The molecule has 0 atom stereocenters. The van der Waals surface area contributed by atoms with E-state index in [0.717, 1.165) is 10.0 Å². The van der Waals surface area contributed by atoms with Crippen LogP contribution in [0.1, 0.15) is 5.56 Å². The fraction of sp³-hybridized carbons (Fsp3) is 0.143. The summed E-state index contributed by atoms with van der Waals surface area (Å²) in [4.78, 5) is 0. The van der Waals surface area contributed by atoms with Gasteiger partial charge in [-0.05, 0) is 29.8 Å². The molecule has 3 rings (SSSR count). The maximum Gasteiger partial charge on any atom is 0.231 e. The van der Waals surface area contributed by atoms with Gasteiger partial charge in [-0.1, -0.05) is 39.1 Å². The first-order chi connectivity index (χ1) is 10.0. The summed E-state index contributed by atoms with van der Waals surface area (Å²) < 4.78 is 24.9. The molecule has 0 saturated heterocycles. The highest BCUT2D eigenvalue weighted by atomic mass is 79.9. The average molecular weight is 393 g/mol. The first-order valence-electron chi connectivity index (χ1n) is 6.01. The highest BCUT2D eigenvalue weighted by Gasteiger charge is 2.16. The third kappa shape index (κ3) is 3.05. The lowest BCUT2D eigenvalue weighted by Crippen LogP contribution is -2.01. The second-order valence-corrected chi connectivity index (χ2v) is 6.07. The van der Waals surface area contributed by atoms with E-state index in [4.69, 9.17) is 32.7 Å². The average Bonchev–Trinajstić information content (AvgIpc) is 2.89. The molecule has 110 valence electrons. The lowest BCUT2D eigenvalue weighted by molar-refractivity contribution is 0.174. The molecule has 2 aromatic carbocycles. The Bertz CT molecular complexity index is 689. The van der Waals surface area contributed by atoms with Gasteiger partial charge in [-0.25, -0.2) is 4.39 Å². The Kier molecular flexibility index (Phi) is 4.15. The molecular formula is C14H9BrCl2FNO2. The van der Waals surface area contributed by atoms with Crippen molar-refractivity contribution >= 4 is 44.8 Å². The number of hydrogen-bond acceptors (Lipinski definition) is 3. The van der Waals surface area contributed by atoms with E-state index in [0.29, 0.717) is 23.7 Å². The third-order valence-corrected chi connectivity index (χ3v) is 4.30. The van der Waals surface area contributed by atoms with Crippen molar-refractivity contribution < 1.29 is 13.9 Å². The van der Waals surface area contributed by atoms with E-state index in [-0.39, 0.29) is 16.8 Å². The zero-order chi connectivity index (χ0) is 15.0. The summed E-state index contributed by atoms with van der Waals surface area (Å²) >= 11 is 15.0. The largest absolute Gasteiger partial charge is 0.454 e. The molecule has 0 fully saturated rings. The smallest absolute Gasteiger partial charge is 0.231 e. The number of halogens is 4. The molecule has 1 aliphatic heterocycles. The maximum absolute atomic E-state index is 13.4. The van der Waals surface area contributed by atoms with Crippen molar-refractivity contribution in [3.8, 4) is 11.5 Å². The minimum atomic E-state index is -0.617. The van der Waals surface area contributed by atoms with Crippen molar-refractivity contribution in [2.45, 2.75) is 6.54 Å². The summed E-state index contributed by atoms with van der Waals surface area (Å²) in [5, 5.41) is 3.10. The van der Waals surface area contributed by atoms with Gasteiger partial charge in [-0.2, -0.15) is 0 Å². The van der Waals surface area contributed by atoms with Gasteiger partial charge < -0.3 is 14.8 Å². The van der Waals surface area contributed by atoms with Crippen molar-refractivity contribution in [3.63, 3.8) is 0 Å². The van der Waals surface area contributed by atoms with Gasteiger partial charge in [0.1, 0.15) is 0 Å². The number of rotatable bonds is 3. The van der Waals surface area contributed by atoms with Crippen LogP contribution in [0.25, 0.3) is 0 Å². The van der Waals surface area contributed by atoms with E-state index in [2.05, 4.69) is 21.2 Å². The molecular weight excluding hydrogens is 384 g/mol. The number of benzene rings is 2. The Hall–Kier alpha value is -1.17. The topological polar surface area (TPSA) is 30.5 Å². The highest BCUT2D eigenvalue weighted by Crippen LogP contribution is 2.37. The fourth-order valence-electron chi connectivity index (χ4n) is 1.95. The van der Waals surface area contributed by atoms with Gasteiger partial charge in [0, 0.05) is 16.7 Å². The normalized spacial score (nSPS) is 12.6. The van der Waals surface area contributed by atoms with Crippen LogP contribution in [0.3, 0.4) is 0 Å². The van der Waals surface area contributed by atoms with Crippen LogP contribution in [0.2, 0.25) is 10.0 Å². The van der Waals surface area contributed by atoms with Gasteiger partial charge in [-0.3, -0.25) is 0 Å². The molecule has 0 spiro atoms. The first-order valence-corrected chi connectivity index (χ1v) is 7.56. The van der Waals surface area contributed by atoms with Gasteiger partial charge in [0.2, 0.25) is 6.79 Å². The van der Waals surface area contributed by atoms with Crippen LogP contribution in [-0.4, -0.2) is 6.79 Å². The van der Waals surface area contributed by atoms with E-state index >= 15 is 0 Å². The molecule has 21 heavy (non-hydrogen) atoms. The Morgan fingerprint density at radius 2 is 1.71 bits per heavy atom. The van der Waals surface area contributed by atoms with Gasteiger partial charge >= 0.3 is 0 Å². The van der Waals surface area contributed by atoms with Crippen LogP contribution < -0.4 is 14.8 Å². The van der Waals surface area contributed by atoms with Crippen LogP contribution in [0, 0.1) is 5.82 Å². The SMILES string of the molecule is Fc1c(Cl)cc(NCc2cc3c(cc2Br)OCO3)cc1Cl. The van der Waals surface area contributed by atoms with Gasteiger partial charge in [0.15, 0.2) is 17.3 Å². The minimum absolute atomic E-state index is 0.0187. The lowest BCUT2D eigenvalue weighted by atomic mass is 10.2. The molecule has 0 bridgehead atoms. The highest BCUT2D eigenvalue weighted by molar-refractivity contribution is 9.10. The van der Waals surface area contributed by atoms with Gasteiger partial charge in [-0.15, -0.1) is 0 Å². The van der Waals surface area contributed by atoms with Crippen molar-refractivity contribution in [3.05, 3.63) is 50.2 Å². The Labute approximate surface area is 139 Å². The molecule has 1 N–H and O–H groups in total. The zero-order valence-electron chi connectivity index (χ0n) is 10.6. The molecule has 0 amide bonds. The third-order valence-electron chi connectivity index (χ3n) is 3.01. The van der Waals surface area contributed by atoms with E-state index in [1.807, 2.05) is 12.1 Å². The number of fused-ring (bicyclic) bond motifs is 1. The molecule has 0 unspecified atom stereocenters. The van der Waals surface area contributed by atoms with Crippen molar-refractivity contribution in [1.29, 1.82) is 0 Å². The standard InChI is InChI=1S/C14H9BrCl2FNO2/c15-9-4-13-12(20-6-21-13)1-7(9)5-19-8-2-10(16)14(18)11(17)3-8/h1-4,19H,5-6H2. The first kappa shape index (κ1) is 14.8. The molecule has 0 aromatic heterocycles. The predicted molar refractivity (Wildman–Crippen MR) is 84.0 cm³/mol. The van der Waals surface area contributed by atoms with E-state index in [9.17, 15) is 4.39 Å². The quantitative estimate of drug-likeness (QED) is 0.725. The Morgan fingerprint density at radius 1 is 1.10 bits per heavy atom. The summed E-state index contributed by atoms with van der Waals surface area (Å²) in [5.74, 6) is 0.789. The Morgan fingerprint density at radius 3 is 2.38 bits per heavy atom.